The van der Waals surface area contributed by atoms with E-state index in [4.69, 9.17) is 5.73 Å². The summed E-state index contributed by atoms with van der Waals surface area (Å²) in [6, 6.07) is 7.82. The third-order valence-corrected chi connectivity index (χ3v) is 4.10. The number of methoxy groups -OCH3 is 1. The Balaban J connectivity index is 1.79. The average Bonchev–Trinajstić information content (AvgIpc) is 2.53. The lowest BCUT2D eigenvalue weighted by Crippen LogP contribution is -2.36. The monoisotopic (exact) mass is 290 g/mol. The SMILES string of the molecule is COC(=O)c1ccc(CNC2CCC(C(N)=O)CC2)cc1. The van der Waals surface area contributed by atoms with Gasteiger partial charge >= 0.3 is 5.97 Å². The molecule has 5 heteroatoms. The van der Waals surface area contributed by atoms with Crippen LogP contribution in [0.2, 0.25) is 0 Å². The predicted molar refractivity (Wildman–Crippen MR) is 79.6 cm³/mol. The lowest BCUT2D eigenvalue weighted by Gasteiger charge is -2.27. The molecule has 1 aliphatic carbocycles. The Bertz CT molecular complexity index is 491. The maximum atomic E-state index is 11.3. The molecule has 0 spiro atoms. The number of ether oxygens (including phenoxy) is 1. The van der Waals surface area contributed by atoms with Crippen LogP contribution in [0.3, 0.4) is 0 Å². The molecule has 3 N–H and O–H groups in total. The van der Waals surface area contributed by atoms with E-state index in [0.29, 0.717) is 11.6 Å². The van der Waals surface area contributed by atoms with Crippen LogP contribution in [0.25, 0.3) is 0 Å². The fraction of sp³-hybridized carbons (Fsp3) is 0.500. The second-order valence-electron chi connectivity index (χ2n) is 5.52. The first kappa shape index (κ1) is 15.5. The number of nitrogens with one attached hydrogen (secondary N) is 1. The summed E-state index contributed by atoms with van der Waals surface area (Å²) >= 11 is 0. The minimum Gasteiger partial charge on any atom is -0.465 e. The van der Waals surface area contributed by atoms with Crippen molar-refractivity contribution in [1.82, 2.24) is 5.32 Å². The lowest BCUT2D eigenvalue weighted by atomic mass is 9.85. The molecule has 0 atom stereocenters. The Labute approximate surface area is 124 Å². The Kier molecular flexibility index (Phi) is 5.33. The normalized spacial score (nSPS) is 21.8. The van der Waals surface area contributed by atoms with Crippen molar-refractivity contribution in [3.63, 3.8) is 0 Å². The fourth-order valence-corrected chi connectivity index (χ4v) is 2.72. The van der Waals surface area contributed by atoms with Gasteiger partial charge in [0.15, 0.2) is 0 Å². The van der Waals surface area contributed by atoms with Crippen molar-refractivity contribution in [3.05, 3.63) is 35.4 Å². The van der Waals surface area contributed by atoms with Crippen molar-refractivity contribution >= 4 is 11.9 Å². The van der Waals surface area contributed by atoms with E-state index in [1.807, 2.05) is 12.1 Å². The molecule has 0 aromatic heterocycles. The molecule has 0 unspecified atom stereocenters. The van der Waals surface area contributed by atoms with E-state index in [1.54, 1.807) is 12.1 Å². The van der Waals surface area contributed by atoms with E-state index in [2.05, 4.69) is 10.1 Å². The van der Waals surface area contributed by atoms with E-state index >= 15 is 0 Å². The Morgan fingerprint density at radius 2 is 1.81 bits per heavy atom. The molecule has 0 bridgehead atoms. The van der Waals surface area contributed by atoms with Gasteiger partial charge in [0.2, 0.25) is 5.91 Å². The number of hydrogen-bond acceptors (Lipinski definition) is 4. The van der Waals surface area contributed by atoms with Gasteiger partial charge in [0, 0.05) is 18.5 Å². The third kappa shape index (κ3) is 4.29. The molecule has 1 aliphatic rings. The number of primary amides is 1. The molecule has 1 aromatic carbocycles. The molecular weight excluding hydrogens is 268 g/mol. The minimum atomic E-state index is -0.320. The molecule has 0 saturated heterocycles. The van der Waals surface area contributed by atoms with E-state index in [1.165, 1.54) is 7.11 Å². The molecule has 2 rings (SSSR count). The lowest BCUT2D eigenvalue weighted by molar-refractivity contribution is -0.122. The Morgan fingerprint density at radius 3 is 2.33 bits per heavy atom. The molecule has 1 amide bonds. The van der Waals surface area contributed by atoms with Gasteiger partial charge in [-0.25, -0.2) is 4.79 Å². The summed E-state index contributed by atoms with van der Waals surface area (Å²) in [7, 11) is 1.38. The van der Waals surface area contributed by atoms with Crippen molar-refractivity contribution in [2.45, 2.75) is 38.3 Å². The second kappa shape index (κ2) is 7.22. The van der Waals surface area contributed by atoms with Gasteiger partial charge in [0.25, 0.3) is 0 Å². The number of rotatable bonds is 5. The Hall–Kier alpha value is -1.88. The van der Waals surface area contributed by atoms with Crippen LogP contribution in [-0.4, -0.2) is 25.0 Å². The molecular formula is C16H22N2O3. The average molecular weight is 290 g/mol. The van der Waals surface area contributed by atoms with Gasteiger partial charge in [-0.1, -0.05) is 12.1 Å². The maximum Gasteiger partial charge on any atom is 0.337 e. The number of hydrogen-bond donors (Lipinski definition) is 2. The summed E-state index contributed by atoms with van der Waals surface area (Å²) in [5.41, 5.74) is 7.01. The molecule has 114 valence electrons. The van der Waals surface area contributed by atoms with Crippen LogP contribution >= 0.6 is 0 Å². The highest BCUT2D eigenvalue weighted by atomic mass is 16.5. The van der Waals surface area contributed by atoms with Crippen LogP contribution in [0.15, 0.2) is 24.3 Å². The highest BCUT2D eigenvalue weighted by Crippen LogP contribution is 2.24. The third-order valence-electron chi connectivity index (χ3n) is 4.10. The molecule has 5 nitrogen and oxygen atoms in total. The van der Waals surface area contributed by atoms with Crippen molar-refractivity contribution in [2.75, 3.05) is 7.11 Å². The highest BCUT2D eigenvalue weighted by molar-refractivity contribution is 5.89. The molecule has 1 saturated carbocycles. The van der Waals surface area contributed by atoms with E-state index < -0.39 is 0 Å². The van der Waals surface area contributed by atoms with Crippen LogP contribution in [0, 0.1) is 5.92 Å². The van der Waals surface area contributed by atoms with Gasteiger partial charge in [-0.15, -0.1) is 0 Å². The molecule has 1 fully saturated rings. The summed E-state index contributed by atoms with van der Waals surface area (Å²) in [5, 5.41) is 3.49. The topological polar surface area (TPSA) is 81.4 Å². The van der Waals surface area contributed by atoms with Crippen LogP contribution in [-0.2, 0) is 16.1 Å². The minimum absolute atomic E-state index is 0.0439. The number of esters is 1. The van der Waals surface area contributed by atoms with Gasteiger partial charge in [0.1, 0.15) is 0 Å². The quantitative estimate of drug-likeness (QED) is 0.807. The number of carbonyl (C=O) groups excluding carboxylic acids is 2. The summed E-state index contributed by atoms with van der Waals surface area (Å²) in [4.78, 5) is 22.5. The van der Waals surface area contributed by atoms with Crippen LogP contribution in [0.4, 0.5) is 0 Å². The summed E-state index contributed by atoms with van der Waals surface area (Å²) in [6.45, 7) is 0.757. The maximum absolute atomic E-state index is 11.3. The zero-order valence-electron chi connectivity index (χ0n) is 12.3. The first-order valence-corrected chi connectivity index (χ1v) is 7.30. The number of benzene rings is 1. The van der Waals surface area contributed by atoms with Gasteiger partial charge in [-0.2, -0.15) is 0 Å². The summed E-state index contributed by atoms with van der Waals surface area (Å²) in [6.07, 6.45) is 3.70. The zero-order chi connectivity index (χ0) is 15.2. The van der Waals surface area contributed by atoms with Crippen LogP contribution in [0.5, 0.6) is 0 Å². The van der Waals surface area contributed by atoms with Crippen molar-refractivity contribution < 1.29 is 14.3 Å². The largest absolute Gasteiger partial charge is 0.465 e. The van der Waals surface area contributed by atoms with E-state index in [0.717, 1.165) is 37.8 Å². The van der Waals surface area contributed by atoms with Gasteiger partial charge in [0.05, 0.1) is 12.7 Å². The molecule has 0 radical (unpaired) electrons. The Morgan fingerprint density at radius 1 is 1.19 bits per heavy atom. The van der Waals surface area contributed by atoms with Gasteiger partial charge in [-0.3, -0.25) is 4.79 Å². The highest BCUT2D eigenvalue weighted by Gasteiger charge is 2.24. The second-order valence-corrected chi connectivity index (χ2v) is 5.52. The first-order chi connectivity index (χ1) is 10.1. The molecule has 0 aliphatic heterocycles. The van der Waals surface area contributed by atoms with E-state index in [9.17, 15) is 9.59 Å². The van der Waals surface area contributed by atoms with Crippen LogP contribution in [0.1, 0.15) is 41.6 Å². The molecule has 0 heterocycles. The predicted octanol–water partition coefficient (Wildman–Crippen LogP) is 1.61. The summed E-state index contributed by atoms with van der Waals surface area (Å²) in [5.74, 6) is -0.450. The number of carbonyl (C=O) groups is 2. The number of amides is 1. The van der Waals surface area contributed by atoms with Gasteiger partial charge in [-0.05, 0) is 43.4 Å². The first-order valence-electron chi connectivity index (χ1n) is 7.30. The van der Waals surface area contributed by atoms with Gasteiger partial charge < -0.3 is 15.8 Å². The van der Waals surface area contributed by atoms with Crippen molar-refractivity contribution in [2.24, 2.45) is 11.7 Å². The van der Waals surface area contributed by atoms with Crippen molar-refractivity contribution in [3.8, 4) is 0 Å². The molecule has 1 aromatic rings. The molecule has 21 heavy (non-hydrogen) atoms. The van der Waals surface area contributed by atoms with E-state index in [-0.39, 0.29) is 17.8 Å². The fourth-order valence-electron chi connectivity index (χ4n) is 2.72. The zero-order valence-corrected chi connectivity index (χ0v) is 12.3. The summed E-state index contributed by atoms with van der Waals surface area (Å²) < 4.78 is 4.67. The smallest absolute Gasteiger partial charge is 0.337 e. The number of nitrogens with two attached hydrogens (primary N) is 1. The van der Waals surface area contributed by atoms with Crippen molar-refractivity contribution in [1.29, 1.82) is 0 Å². The standard InChI is InChI=1S/C16H22N2O3/c1-21-16(20)13-4-2-11(3-5-13)10-18-14-8-6-12(7-9-14)15(17)19/h2-5,12,14,18H,6-10H2,1H3,(H2,17,19). The van der Waals surface area contributed by atoms with Crippen LogP contribution < -0.4 is 11.1 Å².